The van der Waals surface area contributed by atoms with E-state index in [9.17, 15) is 4.79 Å². The molecule has 0 aromatic heterocycles. The van der Waals surface area contributed by atoms with Gasteiger partial charge in [-0.2, -0.15) is 0 Å². The van der Waals surface area contributed by atoms with Gasteiger partial charge < -0.3 is 10.8 Å². The van der Waals surface area contributed by atoms with Crippen molar-refractivity contribution in [3.05, 3.63) is 0 Å². The van der Waals surface area contributed by atoms with Crippen molar-refractivity contribution < 1.29 is 9.90 Å². The van der Waals surface area contributed by atoms with Crippen LogP contribution in [0.15, 0.2) is 0 Å². The molecule has 0 saturated carbocycles. The van der Waals surface area contributed by atoms with E-state index in [2.05, 4.69) is 20.8 Å². The van der Waals surface area contributed by atoms with Crippen LogP contribution < -0.4 is 5.73 Å². The molecule has 2 atom stereocenters. The summed E-state index contributed by atoms with van der Waals surface area (Å²) in [6.07, 6.45) is 6.88. The Morgan fingerprint density at radius 3 is 2.29 bits per heavy atom. The molecule has 0 bridgehead atoms. The summed E-state index contributed by atoms with van der Waals surface area (Å²) in [5.41, 5.74) is 5.52. The molecule has 0 rings (SSSR count). The van der Waals surface area contributed by atoms with E-state index >= 15 is 0 Å². The van der Waals surface area contributed by atoms with E-state index in [1.807, 2.05) is 0 Å². The van der Waals surface area contributed by atoms with Crippen LogP contribution in [0, 0.1) is 17.8 Å². The van der Waals surface area contributed by atoms with Crippen LogP contribution in [0.2, 0.25) is 0 Å². The first-order chi connectivity index (χ1) is 8.02. The molecule has 3 N–H and O–H groups in total. The van der Waals surface area contributed by atoms with Gasteiger partial charge in [-0.3, -0.25) is 4.79 Å². The van der Waals surface area contributed by atoms with Crippen LogP contribution in [-0.4, -0.2) is 17.6 Å². The molecule has 0 aromatic carbocycles. The zero-order chi connectivity index (χ0) is 13.3. The maximum Gasteiger partial charge on any atom is 0.307 e. The molecule has 0 heterocycles. The average Bonchev–Trinajstić information content (AvgIpc) is 2.27. The van der Waals surface area contributed by atoms with Crippen molar-refractivity contribution in [1.29, 1.82) is 0 Å². The van der Waals surface area contributed by atoms with Crippen LogP contribution >= 0.6 is 0 Å². The number of carboxylic acids is 1. The van der Waals surface area contributed by atoms with Gasteiger partial charge in [0.2, 0.25) is 0 Å². The lowest BCUT2D eigenvalue weighted by Crippen LogP contribution is -2.27. The highest BCUT2D eigenvalue weighted by molar-refractivity contribution is 5.70. The SMILES string of the molecule is CCCCCCC(CC(CN)C(=O)O)C(C)C. The lowest BCUT2D eigenvalue weighted by atomic mass is 9.82. The van der Waals surface area contributed by atoms with Crippen molar-refractivity contribution in [3.8, 4) is 0 Å². The van der Waals surface area contributed by atoms with Crippen LogP contribution in [0.1, 0.15) is 59.3 Å². The Labute approximate surface area is 106 Å². The van der Waals surface area contributed by atoms with E-state index in [-0.39, 0.29) is 12.5 Å². The van der Waals surface area contributed by atoms with Crippen LogP contribution in [-0.2, 0) is 4.79 Å². The first-order valence-corrected chi connectivity index (χ1v) is 6.95. The Balaban J connectivity index is 4.09. The number of hydrogen-bond acceptors (Lipinski definition) is 2. The lowest BCUT2D eigenvalue weighted by Gasteiger charge is -2.23. The fraction of sp³-hybridized carbons (Fsp3) is 0.929. The maximum atomic E-state index is 11.0. The Kier molecular flexibility index (Phi) is 9.14. The predicted octanol–water partition coefficient (Wildman–Crippen LogP) is 3.28. The highest BCUT2D eigenvalue weighted by Gasteiger charge is 2.22. The van der Waals surface area contributed by atoms with Crippen LogP contribution in [0.5, 0.6) is 0 Å². The third kappa shape index (κ3) is 7.37. The van der Waals surface area contributed by atoms with E-state index in [0.717, 1.165) is 12.8 Å². The molecule has 0 fully saturated rings. The zero-order valence-corrected chi connectivity index (χ0v) is 11.6. The van der Waals surface area contributed by atoms with E-state index in [1.165, 1.54) is 25.7 Å². The van der Waals surface area contributed by atoms with Gasteiger partial charge in [-0.05, 0) is 18.3 Å². The van der Waals surface area contributed by atoms with Crippen LogP contribution in [0.4, 0.5) is 0 Å². The van der Waals surface area contributed by atoms with Gasteiger partial charge in [0.15, 0.2) is 0 Å². The summed E-state index contributed by atoms with van der Waals surface area (Å²) in [5, 5.41) is 9.03. The highest BCUT2D eigenvalue weighted by atomic mass is 16.4. The number of aliphatic carboxylic acids is 1. The van der Waals surface area contributed by atoms with Crippen molar-refractivity contribution in [2.75, 3.05) is 6.54 Å². The second kappa shape index (κ2) is 9.46. The molecule has 0 amide bonds. The third-order valence-electron chi connectivity index (χ3n) is 3.59. The van der Waals surface area contributed by atoms with Crippen molar-refractivity contribution in [2.45, 2.75) is 59.3 Å². The van der Waals surface area contributed by atoms with Gasteiger partial charge in [0.1, 0.15) is 0 Å². The highest BCUT2D eigenvalue weighted by Crippen LogP contribution is 2.26. The fourth-order valence-corrected chi connectivity index (χ4v) is 2.22. The second-order valence-corrected chi connectivity index (χ2v) is 5.36. The topological polar surface area (TPSA) is 63.3 Å². The summed E-state index contributed by atoms with van der Waals surface area (Å²) in [4.78, 5) is 11.0. The van der Waals surface area contributed by atoms with E-state index in [1.54, 1.807) is 0 Å². The molecule has 3 nitrogen and oxygen atoms in total. The monoisotopic (exact) mass is 243 g/mol. The summed E-state index contributed by atoms with van der Waals surface area (Å²) >= 11 is 0. The van der Waals surface area contributed by atoms with Crippen molar-refractivity contribution in [1.82, 2.24) is 0 Å². The molecule has 17 heavy (non-hydrogen) atoms. The smallest absolute Gasteiger partial charge is 0.307 e. The molecular weight excluding hydrogens is 214 g/mol. The molecule has 2 unspecified atom stereocenters. The Hall–Kier alpha value is -0.570. The average molecular weight is 243 g/mol. The summed E-state index contributed by atoms with van der Waals surface area (Å²) in [6.45, 7) is 6.82. The van der Waals surface area contributed by atoms with Gasteiger partial charge in [0.05, 0.1) is 5.92 Å². The number of carboxylic acid groups (broad SMARTS) is 1. The van der Waals surface area contributed by atoms with E-state index in [0.29, 0.717) is 11.8 Å². The van der Waals surface area contributed by atoms with Gasteiger partial charge >= 0.3 is 5.97 Å². The van der Waals surface area contributed by atoms with Crippen molar-refractivity contribution >= 4 is 5.97 Å². The van der Waals surface area contributed by atoms with Gasteiger partial charge in [-0.1, -0.05) is 52.9 Å². The number of carbonyl (C=O) groups is 1. The largest absolute Gasteiger partial charge is 0.481 e. The molecule has 3 heteroatoms. The molecule has 0 aliphatic carbocycles. The number of unbranched alkanes of at least 4 members (excludes halogenated alkanes) is 3. The van der Waals surface area contributed by atoms with Gasteiger partial charge in [-0.25, -0.2) is 0 Å². The Morgan fingerprint density at radius 1 is 1.24 bits per heavy atom. The van der Waals surface area contributed by atoms with Crippen molar-refractivity contribution in [2.24, 2.45) is 23.5 Å². The second-order valence-electron chi connectivity index (χ2n) is 5.36. The molecule has 0 radical (unpaired) electrons. The van der Waals surface area contributed by atoms with Gasteiger partial charge in [0.25, 0.3) is 0 Å². The Morgan fingerprint density at radius 2 is 1.88 bits per heavy atom. The normalized spacial score (nSPS) is 14.9. The van der Waals surface area contributed by atoms with Crippen LogP contribution in [0.3, 0.4) is 0 Å². The molecule has 0 aliphatic heterocycles. The standard InChI is InChI=1S/C14H29NO2/c1-4-5-6-7-8-12(11(2)3)9-13(10-15)14(16)17/h11-13H,4-10,15H2,1-3H3,(H,16,17). The number of hydrogen-bond donors (Lipinski definition) is 2. The Bertz CT molecular complexity index is 204. The maximum absolute atomic E-state index is 11.0. The number of rotatable bonds is 10. The van der Waals surface area contributed by atoms with E-state index < -0.39 is 5.97 Å². The zero-order valence-electron chi connectivity index (χ0n) is 11.6. The predicted molar refractivity (Wildman–Crippen MR) is 71.9 cm³/mol. The van der Waals surface area contributed by atoms with Gasteiger partial charge in [0, 0.05) is 6.54 Å². The lowest BCUT2D eigenvalue weighted by molar-refractivity contribution is -0.142. The summed E-state index contributed by atoms with van der Waals surface area (Å²) in [7, 11) is 0. The first kappa shape index (κ1) is 16.4. The molecule has 0 aromatic rings. The number of nitrogens with two attached hydrogens (primary N) is 1. The minimum absolute atomic E-state index is 0.257. The van der Waals surface area contributed by atoms with Crippen LogP contribution in [0.25, 0.3) is 0 Å². The molecule has 0 saturated heterocycles. The minimum atomic E-state index is -0.744. The molecular formula is C14H29NO2. The summed E-state index contributed by atoms with van der Waals surface area (Å²) < 4.78 is 0. The van der Waals surface area contributed by atoms with E-state index in [4.69, 9.17) is 10.8 Å². The minimum Gasteiger partial charge on any atom is -0.481 e. The summed E-state index contributed by atoms with van der Waals surface area (Å²) in [5.74, 6) is -0.0678. The third-order valence-corrected chi connectivity index (χ3v) is 3.59. The summed E-state index contributed by atoms with van der Waals surface area (Å²) in [6, 6.07) is 0. The molecule has 0 spiro atoms. The quantitative estimate of drug-likeness (QED) is 0.579. The van der Waals surface area contributed by atoms with Crippen molar-refractivity contribution in [3.63, 3.8) is 0 Å². The molecule has 102 valence electrons. The van der Waals surface area contributed by atoms with Gasteiger partial charge in [-0.15, -0.1) is 0 Å². The molecule has 0 aliphatic rings. The fourth-order valence-electron chi connectivity index (χ4n) is 2.22. The first-order valence-electron chi connectivity index (χ1n) is 6.95.